The first-order chi connectivity index (χ1) is 35.6. The first-order valence-corrected chi connectivity index (χ1v) is 24.8. The number of aromatic amines is 1. The summed E-state index contributed by atoms with van der Waals surface area (Å²) in [4.78, 5) is 134. The molecule has 25 heteroatoms. The van der Waals surface area contributed by atoms with Crippen LogP contribution in [0.15, 0.2) is 72.1 Å². The lowest BCUT2D eigenvalue weighted by atomic mass is 9.96. The molecular formula is C50H71N13O12. The number of phenols is 1. The van der Waals surface area contributed by atoms with Gasteiger partial charge in [-0.05, 0) is 60.8 Å². The fourth-order valence-electron chi connectivity index (χ4n) is 8.31. The topological polar surface area (TPSA) is 409 Å². The number of aromatic nitrogens is 2. The second-order valence-electron chi connectivity index (χ2n) is 18.9. The molecule has 1 unspecified atom stereocenters. The summed E-state index contributed by atoms with van der Waals surface area (Å²) in [7, 11) is 0. The van der Waals surface area contributed by atoms with Crippen LogP contribution < -0.4 is 49.1 Å². The van der Waals surface area contributed by atoms with Gasteiger partial charge in [0, 0.05) is 44.2 Å². The molecule has 0 radical (unpaired) electrons. The van der Waals surface area contributed by atoms with Crippen molar-refractivity contribution in [2.45, 2.75) is 134 Å². The molecule has 25 nitrogen and oxygen atoms in total. The second kappa shape index (κ2) is 29.0. The molecule has 3 aromatic rings. The summed E-state index contributed by atoms with van der Waals surface area (Å²) in [6, 6.07) is 3.95. The summed E-state index contributed by atoms with van der Waals surface area (Å²) >= 11 is 0. The van der Waals surface area contributed by atoms with E-state index < -0.39 is 120 Å². The van der Waals surface area contributed by atoms with Gasteiger partial charge in [0.2, 0.25) is 41.4 Å². The summed E-state index contributed by atoms with van der Waals surface area (Å²) < 4.78 is 0. The minimum Gasteiger partial charge on any atom is -0.508 e. The van der Waals surface area contributed by atoms with Crippen LogP contribution in [0.5, 0.6) is 5.75 Å². The van der Waals surface area contributed by atoms with E-state index in [1.54, 1.807) is 58.0 Å². The van der Waals surface area contributed by atoms with Crippen LogP contribution in [0.25, 0.3) is 0 Å². The van der Waals surface area contributed by atoms with Gasteiger partial charge >= 0.3 is 11.9 Å². The van der Waals surface area contributed by atoms with Crippen molar-refractivity contribution in [1.29, 1.82) is 0 Å². The number of imidazole rings is 1. The minimum absolute atomic E-state index is 0.00211. The molecule has 1 aromatic heterocycles. The van der Waals surface area contributed by atoms with Crippen LogP contribution in [-0.2, 0) is 62.4 Å². The fraction of sp³-hybridized carbons (Fsp3) is 0.500. The van der Waals surface area contributed by atoms with E-state index in [0.29, 0.717) is 29.7 Å². The summed E-state index contributed by atoms with van der Waals surface area (Å²) in [5.41, 5.74) is 18.2. The number of hydrogen-bond donors (Lipinski definition) is 13. The van der Waals surface area contributed by atoms with Crippen LogP contribution in [0.1, 0.15) is 83.0 Å². The number of nitrogens with one attached hydrogen (secondary N) is 7. The number of carbonyl (C=O) groups excluding carboxylic acids is 7. The van der Waals surface area contributed by atoms with Crippen LogP contribution in [0.4, 0.5) is 0 Å². The average Bonchev–Trinajstić information content (AvgIpc) is 4.08. The Morgan fingerprint density at radius 3 is 1.95 bits per heavy atom. The molecule has 9 atom stereocenters. The van der Waals surface area contributed by atoms with Gasteiger partial charge in [0.05, 0.1) is 18.8 Å². The number of rotatable bonds is 29. The van der Waals surface area contributed by atoms with Gasteiger partial charge in [0.15, 0.2) is 5.96 Å². The molecule has 75 heavy (non-hydrogen) atoms. The molecule has 1 saturated heterocycles. The molecule has 0 spiro atoms. The van der Waals surface area contributed by atoms with Crippen molar-refractivity contribution in [3.63, 3.8) is 0 Å². The number of nitrogens with zero attached hydrogens (tertiary/aromatic N) is 3. The van der Waals surface area contributed by atoms with Gasteiger partial charge in [-0.3, -0.25) is 43.3 Å². The van der Waals surface area contributed by atoms with E-state index in [1.807, 2.05) is 0 Å². The maximum absolute atomic E-state index is 14.6. The van der Waals surface area contributed by atoms with Crippen LogP contribution >= 0.6 is 0 Å². The summed E-state index contributed by atoms with van der Waals surface area (Å²) in [5.74, 6) is -9.64. The number of H-pyrrole nitrogens is 1. The number of guanidine groups is 1. The zero-order chi connectivity index (χ0) is 55.4. The highest BCUT2D eigenvalue weighted by Gasteiger charge is 2.41. The van der Waals surface area contributed by atoms with Crippen LogP contribution in [0.2, 0.25) is 0 Å². The Balaban J connectivity index is 1.59. The SMILES string of the molecule is CC[C@H](C)C(NC(=O)[C@H](Cc1ccc(O)cc1)NC(=O)[C@@H](NC(=O)[C@H](CCCN=C(N)N)NC(=O)[C@@H](N)CC(=O)O)C(C)C)C(=O)N[C@@H](Cc1cnc[nH]1)C(=O)N1CCC[C@H]1C(=O)N[C@@H](Cc1ccccc1)C(=O)O. The Bertz CT molecular complexity index is 2450. The lowest BCUT2D eigenvalue weighted by molar-refractivity contribution is -0.145. The number of likely N-dealkylation sites (tertiary alicyclic amines) is 1. The predicted octanol–water partition coefficient (Wildman–Crippen LogP) is -1.31. The molecular weight excluding hydrogens is 975 g/mol. The quantitative estimate of drug-likeness (QED) is 0.0218. The van der Waals surface area contributed by atoms with Crippen molar-refractivity contribution in [2.75, 3.05) is 13.1 Å². The Hall–Kier alpha value is -8.09. The number of hydrogen-bond acceptors (Lipinski definition) is 13. The maximum atomic E-state index is 14.6. The van der Waals surface area contributed by atoms with Crippen molar-refractivity contribution in [2.24, 2.45) is 34.0 Å². The molecule has 408 valence electrons. The molecule has 0 saturated carbocycles. The van der Waals surface area contributed by atoms with Gasteiger partial charge in [-0.1, -0.05) is 76.6 Å². The number of aliphatic carboxylic acids is 2. The Morgan fingerprint density at radius 1 is 0.747 bits per heavy atom. The molecule has 0 bridgehead atoms. The number of aliphatic imine (C=N–C) groups is 1. The van der Waals surface area contributed by atoms with Crippen LogP contribution in [-0.4, -0.2) is 151 Å². The Kier molecular flexibility index (Phi) is 23.0. The van der Waals surface area contributed by atoms with Gasteiger partial charge in [-0.25, -0.2) is 9.78 Å². The van der Waals surface area contributed by atoms with E-state index >= 15 is 0 Å². The minimum atomic E-state index is -1.51. The van der Waals surface area contributed by atoms with Gasteiger partial charge < -0.3 is 74.3 Å². The number of aromatic hydroxyl groups is 1. The highest BCUT2D eigenvalue weighted by molar-refractivity contribution is 5.98. The molecule has 1 fully saturated rings. The van der Waals surface area contributed by atoms with E-state index in [0.717, 1.165) is 0 Å². The largest absolute Gasteiger partial charge is 0.508 e. The van der Waals surface area contributed by atoms with Gasteiger partial charge in [-0.15, -0.1) is 0 Å². The summed E-state index contributed by atoms with van der Waals surface area (Å²) in [6.07, 6.45) is 2.92. The molecule has 4 rings (SSSR count). The van der Waals surface area contributed by atoms with Crippen molar-refractivity contribution >= 4 is 59.2 Å². The highest BCUT2D eigenvalue weighted by atomic mass is 16.4. The normalized spacial score (nSPS) is 16.3. The standard InChI is InChI=1S/C50H71N13O12/c1-5-28(4)41(47(72)59-36(23-31-25-54-26-56-31)48(73)63-20-10-14-38(63)45(70)60-37(49(74)75)22-29-11-7-6-8-12-29)62-44(69)35(21-30-15-17-32(64)18-16-30)58-46(71)40(27(2)3)61-43(68)34(13-9-19-55-50(52)53)57-42(67)33(51)24-39(65)66/h6-8,11-12,15-18,25-28,33-38,40-41,64H,5,9-10,13-14,19-24,51H2,1-4H3,(H,54,56)(H,57,67)(H,58,71)(H,59,72)(H,60,70)(H,61,68)(H,62,69)(H,65,66)(H,74,75)(H4,52,53,55)/t28-,33-,34-,35-,36-,37-,38-,40-,41?/m0/s1. The third-order valence-corrected chi connectivity index (χ3v) is 12.7. The smallest absolute Gasteiger partial charge is 0.326 e. The van der Waals surface area contributed by atoms with Crippen molar-refractivity contribution < 1.29 is 58.5 Å². The third kappa shape index (κ3) is 18.7. The zero-order valence-electron chi connectivity index (χ0n) is 42.5. The second-order valence-corrected chi connectivity index (χ2v) is 18.9. The molecule has 0 aliphatic carbocycles. The van der Waals surface area contributed by atoms with Crippen LogP contribution in [0.3, 0.4) is 0 Å². The molecule has 2 aromatic carbocycles. The van der Waals surface area contributed by atoms with Gasteiger partial charge in [0.25, 0.3) is 0 Å². The van der Waals surface area contributed by atoms with E-state index in [1.165, 1.54) is 41.7 Å². The van der Waals surface area contributed by atoms with Crippen molar-refractivity contribution in [3.8, 4) is 5.75 Å². The maximum Gasteiger partial charge on any atom is 0.326 e. The van der Waals surface area contributed by atoms with E-state index in [4.69, 9.17) is 17.2 Å². The zero-order valence-corrected chi connectivity index (χ0v) is 42.5. The van der Waals surface area contributed by atoms with Gasteiger partial charge in [0.1, 0.15) is 48.0 Å². The Morgan fingerprint density at radius 2 is 1.35 bits per heavy atom. The number of carbonyl (C=O) groups is 9. The summed E-state index contributed by atoms with van der Waals surface area (Å²) in [5, 5.41) is 45.1. The number of carboxylic acids is 2. The van der Waals surface area contributed by atoms with E-state index in [-0.39, 0.29) is 63.3 Å². The lowest BCUT2D eigenvalue weighted by Crippen LogP contribution is -2.62. The summed E-state index contributed by atoms with van der Waals surface area (Å²) in [6.45, 7) is 6.90. The first-order valence-electron chi connectivity index (χ1n) is 24.8. The Labute approximate surface area is 434 Å². The number of carboxylic acid groups (broad SMARTS) is 2. The number of amides is 7. The van der Waals surface area contributed by atoms with E-state index in [9.17, 15) is 58.5 Å². The molecule has 1 aliphatic rings. The highest BCUT2D eigenvalue weighted by Crippen LogP contribution is 2.21. The van der Waals surface area contributed by atoms with Gasteiger partial charge in [-0.2, -0.15) is 0 Å². The van der Waals surface area contributed by atoms with Crippen LogP contribution in [0, 0.1) is 11.8 Å². The number of benzene rings is 2. The monoisotopic (exact) mass is 1050 g/mol. The fourth-order valence-corrected chi connectivity index (χ4v) is 8.31. The third-order valence-electron chi connectivity index (χ3n) is 12.7. The molecule has 1 aliphatic heterocycles. The van der Waals surface area contributed by atoms with Crippen molar-refractivity contribution in [1.82, 2.24) is 46.8 Å². The predicted molar refractivity (Wildman–Crippen MR) is 273 cm³/mol. The molecule has 16 N–H and O–H groups in total. The van der Waals surface area contributed by atoms with Crippen molar-refractivity contribution in [3.05, 3.63) is 83.9 Å². The number of nitrogens with two attached hydrogens (primary N) is 3. The molecule has 2 heterocycles. The average molecular weight is 1050 g/mol. The molecule has 7 amide bonds. The van der Waals surface area contributed by atoms with E-state index in [2.05, 4.69) is 46.9 Å². The first kappa shape index (κ1) is 59.5. The number of phenolic OH excluding ortho intramolecular Hbond substituents is 1. The lowest BCUT2D eigenvalue weighted by Gasteiger charge is -2.32.